The summed E-state index contributed by atoms with van der Waals surface area (Å²) in [5.74, 6) is 0.198. The SMILES string of the molecule is COc1ccccc1[C@@]1(C)NC(=O)NC1=O. The van der Waals surface area contributed by atoms with Crippen LogP contribution in [0.2, 0.25) is 0 Å². The van der Waals surface area contributed by atoms with E-state index >= 15 is 0 Å². The van der Waals surface area contributed by atoms with Crippen molar-refractivity contribution in [2.45, 2.75) is 12.5 Å². The second-order valence-corrected chi connectivity index (χ2v) is 3.73. The fourth-order valence-corrected chi connectivity index (χ4v) is 1.79. The van der Waals surface area contributed by atoms with Gasteiger partial charge in [-0.3, -0.25) is 10.1 Å². The van der Waals surface area contributed by atoms with Gasteiger partial charge >= 0.3 is 6.03 Å². The van der Waals surface area contributed by atoms with Crippen LogP contribution < -0.4 is 15.4 Å². The zero-order valence-electron chi connectivity index (χ0n) is 9.03. The van der Waals surface area contributed by atoms with Crippen LogP contribution in [-0.4, -0.2) is 19.0 Å². The van der Waals surface area contributed by atoms with E-state index in [0.29, 0.717) is 11.3 Å². The van der Waals surface area contributed by atoms with Gasteiger partial charge in [0.25, 0.3) is 5.91 Å². The Morgan fingerprint density at radius 3 is 2.50 bits per heavy atom. The first-order valence-electron chi connectivity index (χ1n) is 4.85. The monoisotopic (exact) mass is 220 g/mol. The second kappa shape index (κ2) is 3.52. The molecule has 1 aromatic carbocycles. The zero-order chi connectivity index (χ0) is 11.8. The van der Waals surface area contributed by atoms with E-state index in [2.05, 4.69) is 10.6 Å². The normalized spacial score (nSPS) is 23.9. The maximum absolute atomic E-state index is 11.7. The highest BCUT2D eigenvalue weighted by Gasteiger charge is 2.44. The number of urea groups is 1. The second-order valence-electron chi connectivity index (χ2n) is 3.73. The number of amides is 3. The van der Waals surface area contributed by atoms with E-state index in [1.165, 1.54) is 7.11 Å². The molecule has 1 saturated heterocycles. The molecule has 1 aliphatic heterocycles. The first-order chi connectivity index (χ1) is 7.58. The first-order valence-corrected chi connectivity index (χ1v) is 4.85. The zero-order valence-corrected chi connectivity index (χ0v) is 9.03. The Labute approximate surface area is 92.8 Å². The number of carbonyl (C=O) groups excluding carboxylic acids is 2. The molecule has 0 aliphatic carbocycles. The summed E-state index contributed by atoms with van der Waals surface area (Å²) in [5, 5.41) is 4.80. The van der Waals surface area contributed by atoms with Gasteiger partial charge in [-0.2, -0.15) is 0 Å². The molecule has 3 amide bonds. The number of rotatable bonds is 2. The topological polar surface area (TPSA) is 67.4 Å². The van der Waals surface area contributed by atoms with Crippen LogP contribution in [0.3, 0.4) is 0 Å². The molecular formula is C11H12N2O3. The molecule has 2 rings (SSSR count). The van der Waals surface area contributed by atoms with Gasteiger partial charge in [0.15, 0.2) is 0 Å². The third-order valence-electron chi connectivity index (χ3n) is 2.69. The van der Waals surface area contributed by atoms with Crippen molar-refractivity contribution in [1.29, 1.82) is 0 Å². The summed E-state index contributed by atoms with van der Waals surface area (Å²) in [5.41, 5.74) is -0.426. The highest BCUT2D eigenvalue weighted by Crippen LogP contribution is 2.31. The number of para-hydroxylation sites is 1. The highest BCUT2D eigenvalue weighted by atomic mass is 16.5. The fraction of sp³-hybridized carbons (Fsp3) is 0.273. The van der Waals surface area contributed by atoms with Gasteiger partial charge in [0.05, 0.1) is 7.11 Å². The van der Waals surface area contributed by atoms with E-state index in [1.807, 2.05) is 0 Å². The number of hydrogen-bond donors (Lipinski definition) is 2. The average Bonchev–Trinajstić information content (AvgIpc) is 2.53. The van der Waals surface area contributed by atoms with Crippen LogP contribution >= 0.6 is 0 Å². The van der Waals surface area contributed by atoms with Crippen LogP contribution in [0, 0.1) is 0 Å². The molecule has 0 bridgehead atoms. The Balaban J connectivity index is 2.51. The molecular weight excluding hydrogens is 208 g/mol. The van der Waals surface area contributed by atoms with E-state index in [9.17, 15) is 9.59 Å². The number of imide groups is 1. The Kier molecular flexibility index (Phi) is 2.30. The molecule has 0 spiro atoms. The summed E-state index contributed by atoms with van der Waals surface area (Å²) < 4.78 is 5.18. The highest BCUT2D eigenvalue weighted by molar-refractivity contribution is 6.07. The van der Waals surface area contributed by atoms with Crippen LogP contribution in [0.15, 0.2) is 24.3 Å². The lowest BCUT2D eigenvalue weighted by Crippen LogP contribution is -2.40. The van der Waals surface area contributed by atoms with Crippen LogP contribution in [0.25, 0.3) is 0 Å². The Morgan fingerprint density at radius 1 is 1.25 bits per heavy atom. The van der Waals surface area contributed by atoms with Gasteiger partial charge in [-0.25, -0.2) is 4.79 Å². The van der Waals surface area contributed by atoms with Crippen molar-refractivity contribution in [1.82, 2.24) is 10.6 Å². The molecule has 5 nitrogen and oxygen atoms in total. The molecule has 0 aromatic heterocycles. The van der Waals surface area contributed by atoms with Crippen molar-refractivity contribution in [2.24, 2.45) is 0 Å². The van der Waals surface area contributed by atoms with Gasteiger partial charge in [-0.15, -0.1) is 0 Å². The van der Waals surface area contributed by atoms with Crippen LogP contribution in [0.5, 0.6) is 5.75 Å². The Hall–Kier alpha value is -2.04. The molecule has 16 heavy (non-hydrogen) atoms. The average molecular weight is 220 g/mol. The molecule has 84 valence electrons. The molecule has 1 aromatic rings. The van der Waals surface area contributed by atoms with Gasteiger partial charge in [0.2, 0.25) is 0 Å². The minimum atomic E-state index is -1.07. The summed E-state index contributed by atoms with van der Waals surface area (Å²) in [4.78, 5) is 22.9. The standard InChI is InChI=1S/C11H12N2O3/c1-11(9(14)12-10(15)13-11)7-5-3-4-6-8(7)16-2/h3-6H,1-2H3,(H2,12,13,14,15)/t11-/m1/s1. The number of hydrogen-bond acceptors (Lipinski definition) is 3. The first kappa shape index (κ1) is 10.5. The minimum Gasteiger partial charge on any atom is -0.496 e. The van der Waals surface area contributed by atoms with Gasteiger partial charge in [0.1, 0.15) is 11.3 Å². The van der Waals surface area contributed by atoms with Crippen molar-refractivity contribution in [3.63, 3.8) is 0 Å². The van der Waals surface area contributed by atoms with Gasteiger partial charge in [-0.05, 0) is 13.0 Å². The summed E-state index contributed by atoms with van der Waals surface area (Å²) in [6.45, 7) is 1.64. The predicted molar refractivity (Wildman–Crippen MR) is 57.0 cm³/mol. The minimum absolute atomic E-state index is 0.373. The van der Waals surface area contributed by atoms with Crippen LogP contribution in [-0.2, 0) is 10.3 Å². The van der Waals surface area contributed by atoms with E-state index in [0.717, 1.165) is 0 Å². The maximum atomic E-state index is 11.7. The molecule has 2 N–H and O–H groups in total. The van der Waals surface area contributed by atoms with Crippen molar-refractivity contribution >= 4 is 11.9 Å². The Morgan fingerprint density at radius 2 is 1.94 bits per heavy atom. The quantitative estimate of drug-likeness (QED) is 0.723. The van der Waals surface area contributed by atoms with Crippen LogP contribution in [0.1, 0.15) is 12.5 Å². The number of carbonyl (C=O) groups is 2. The lowest BCUT2D eigenvalue weighted by Gasteiger charge is -2.23. The maximum Gasteiger partial charge on any atom is 0.322 e. The van der Waals surface area contributed by atoms with Crippen molar-refractivity contribution in [2.75, 3.05) is 7.11 Å². The van der Waals surface area contributed by atoms with E-state index in [1.54, 1.807) is 31.2 Å². The lowest BCUT2D eigenvalue weighted by atomic mass is 9.91. The summed E-state index contributed by atoms with van der Waals surface area (Å²) in [6, 6.07) is 6.61. The summed E-state index contributed by atoms with van der Waals surface area (Å²) >= 11 is 0. The van der Waals surface area contributed by atoms with E-state index < -0.39 is 11.6 Å². The number of ether oxygens (including phenoxy) is 1. The number of methoxy groups -OCH3 is 1. The van der Waals surface area contributed by atoms with Crippen LogP contribution in [0.4, 0.5) is 4.79 Å². The van der Waals surface area contributed by atoms with Gasteiger partial charge < -0.3 is 10.1 Å². The number of nitrogens with one attached hydrogen (secondary N) is 2. The molecule has 0 radical (unpaired) electrons. The third kappa shape index (κ3) is 1.41. The largest absolute Gasteiger partial charge is 0.496 e. The molecule has 1 fully saturated rings. The number of benzene rings is 1. The third-order valence-corrected chi connectivity index (χ3v) is 2.69. The van der Waals surface area contributed by atoms with E-state index in [4.69, 9.17) is 4.74 Å². The molecule has 1 heterocycles. The van der Waals surface area contributed by atoms with Gasteiger partial charge in [-0.1, -0.05) is 18.2 Å². The van der Waals surface area contributed by atoms with Gasteiger partial charge in [0, 0.05) is 5.56 Å². The molecule has 0 saturated carbocycles. The smallest absolute Gasteiger partial charge is 0.322 e. The molecule has 0 unspecified atom stereocenters. The molecule has 1 atom stereocenters. The van der Waals surface area contributed by atoms with Crippen molar-refractivity contribution < 1.29 is 14.3 Å². The fourth-order valence-electron chi connectivity index (χ4n) is 1.79. The summed E-state index contributed by atoms with van der Waals surface area (Å²) in [6.07, 6.45) is 0. The van der Waals surface area contributed by atoms with Crippen molar-refractivity contribution in [3.8, 4) is 5.75 Å². The predicted octanol–water partition coefficient (Wildman–Crippen LogP) is 0.750. The molecule has 1 aliphatic rings. The lowest BCUT2D eigenvalue weighted by molar-refractivity contribution is -0.123. The Bertz CT molecular complexity index is 458. The summed E-state index contributed by atoms with van der Waals surface area (Å²) in [7, 11) is 1.52. The molecule has 5 heteroatoms. The van der Waals surface area contributed by atoms with Crippen molar-refractivity contribution in [3.05, 3.63) is 29.8 Å². The van der Waals surface area contributed by atoms with E-state index in [-0.39, 0.29) is 5.91 Å².